The number of thioether (sulfide) groups is 1. The van der Waals surface area contributed by atoms with Gasteiger partial charge in [0.2, 0.25) is 5.91 Å². The standard InChI is InChI=1S/C9H12ClNO5S/c10-5-1-7(12)11(2-5)6(9(15)16)3-17-4-8(13)14/h5-6H,1-4H2,(H,13,14)(H,15,16)/t5?,6-/m0/s1. The van der Waals surface area contributed by atoms with Gasteiger partial charge in [0, 0.05) is 18.7 Å². The van der Waals surface area contributed by atoms with E-state index in [9.17, 15) is 14.4 Å². The van der Waals surface area contributed by atoms with Crippen molar-refractivity contribution < 1.29 is 24.6 Å². The van der Waals surface area contributed by atoms with Crippen molar-refractivity contribution in [2.75, 3.05) is 18.1 Å². The Balaban J connectivity index is 2.57. The molecule has 8 heteroatoms. The second-order valence-corrected chi connectivity index (χ2v) is 5.26. The number of carboxylic acids is 2. The topological polar surface area (TPSA) is 94.9 Å². The van der Waals surface area contributed by atoms with Gasteiger partial charge in [-0.15, -0.1) is 23.4 Å². The molecule has 1 amide bonds. The van der Waals surface area contributed by atoms with Crippen LogP contribution < -0.4 is 0 Å². The van der Waals surface area contributed by atoms with E-state index in [1.807, 2.05) is 0 Å². The molecule has 6 nitrogen and oxygen atoms in total. The van der Waals surface area contributed by atoms with Crippen molar-refractivity contribution >= 4 is 41.2 Å². The molecule has 1 rings (SSSR count). The number of halogens is 1. The summed E-state index contributed by atoms with van der Waals surface area (Å²) in [5.41, 5.74) is 0. The van der Waals surface area contributed by atoms with Crippen LogP contribution in [0.5, 0.6) is 0 Å². The van der Waals surface area contributed by atoms with Crippen molar-refractivity contribution in [2.45, 2.75) is 17.8 Å². The van der Waals surface area contributed by atoms with E-state index in [1.165, 1.54) is 4.90 Å². The average molecular weight is 282 g/mol. The van der Waals surface area contributed by atoms with E-state index in [0.29, 0.717) is 0 Å². The van der Waals surface area contributed by atoms with E-state index >= 15 is 0 Å². The van der Waals surface area contributed by atoms with E-state index < -0.39 is 18.0 Å². The van der Waals surface area contributed by atoms with Crippen molar-refractivity contribution in [2.24, 2.45) is 0 Å². The molecule has 0 aromatic heterocycles. The summed E-state index contributed by atoms with van der Waals surface area (Å²) in [4.78, 5) is 34.0. The van der Waals surface area contributed by atoms with Gasteiger partial charge in [-0.2, -0.15) is 0 Å². The molecule has 0 aromatic rings. The molecule has 2 N–H and O–H groups in total. The van der Waals surface area contributed by atoms with Crippen LogP contribution in [0.3, 0.4) is 0 Å². The van der Waals surface area contributed by atoms with Crippen molar-refractivity contribution in [1.82, 2.24) is 4.90 Å². The highest BCUT2D eigenvalue weighted by atomic mass is 35.5. The summed E-state index contributed by atoms with van der Waals surface area (Å²) in [7, 11) is 0. The first-order valence-corrected chi connectivity index (χ1v) is 6.46. The lowest BCUT2D eigenvalue weighted by Crippen LogP contribution is -2.44. The Kier molecular flexibility index (Phi) is 5.07. The van der Waals surface area contributed by atoms with Crippen molar-refractivity contribution in [3.05, 3.63) is 0 Å². The van der Waals surface area contributed by atoms with Gasteiger partial charge < -0.3 is 15.1 Å². The first-order chi connectivity index (χ1) is 7.91. The van der Waals surface area contributed by atoms with E-state index in [2.05, 4.69) is 0 Å². The zero-order chi connectivity index (χ0) is 13.0. The lowest BCUT2D eigenvalue weighted by molar-refractivity contribution is -0.147. The molecule has 1 fully saturated rings. The zero-order valence-electron chi connectivity index (χ0n) is 8.84. The SMILES string of the molecule is O=C(O)CSC[C@@H](C(=O)O)N1CC(Cl)CC1=O. The molecule has 1 heterocycles. The molecule has 0 aromatic carbocycles. The Morgan fingerprint density at radius 2 is 2.18 bits per heavy atom. The molecule has 2 atom stereocenters. The quantitative estimate of drug-likeness (QED) is 0.671. The molecule has 1 saturated heterocycles. The number of carboxylic acid groups (broad SMARTS) is 2. The molecular weight excluding hydrogens is 270 g/mol. The number of carbonyl (C=O) groups is 3. The van der Waals surface area contributed by atoms with Gasteiger partial charge in [-0.1, -0.05) is 0 Å². The van der Waals surface area contributed by atoms with Gasteiger partial charge in [0.05, 0.1) is 11.1 Å². The second kappa shape index (κ2) is 6.11. The summed E-state index contributed by atoms with van der Waals surface area (Å²) < 4.78 is 0. The fraction of sp³-hybridized carbons (Fsp3) is 0.667. The smallest absolute Gasteiger partial charge is 0.327 e. The minimum absolute atomic E-state index is 0.0526. The summed E-state index contributed by atoms with van der Waals surface area (Å²) in [6, 6.07) is -1.00. The molecule has 0 spiro atoms. The zero-order valence-corrected chi connectivity index (χ0v) is 10.4. The molecule has 1 aliphatic heterocycles. The number of hydrogen-bond donors (Lipinski definition) is 2. The van der Waals surface area contributed by atoms with E-state index in [-0.39, 0.29) is 35.8 Å². The molecule has 1 unspecified atom stereocenters. The van der Waals surface area contributed by atoms with Gasteiger partial charge in [-0.25, -0.2) is 4.79 Å². The van der Waals surface area contributed by atoms with Crippen LogP contribution in [-0.2, 0) is 14.4 Å². The second-order valence-electron chi connectivity index (χ2n) is 3.61. The fourth-order valence-corrected chi connectivity index (χ4v) is 2.66. The fourth-order valence-electron chi connectivity index (χ4n) is 1.54. The molecular formula is C9H12ClNO5S. The summed E-state index contributed by atoms with van der Waals surface area (Å²) in [5, 5.41) is 17.1. The van der Waals surface area contributed by atoms with E-state index in [4.69, 9.17) is 21.8 Å². The third-order valence-corrected chi connectivity index (χ3v) is 3.57. The Morgan fingerprint density at radius 3 is 2.59 bits per heavy atom. The van der Waals surface area contributed by atoms with Gasteiger partial charge in [-0.05, 0) is 0 Å². The first kappa shape index (κ1) is 14.1. The molecule has 1 aliphatic rings. The predicted octanol–water partition coefficient (Wildman–Crippen LogP) is 0.0971. The Labute approximate surface area is 107 Å². The van der Waals surface area contributed by atoms with E-state index in [1.54, 1.807) is 0 Å². The first-order valence-electron chi connectivity index (χ1n) is 4.87. The van der Waals surface area contributed by atoms with Gasteiger partial charge in [0.25, 0.3) is 0 Å². The molecule has 17 heavy (non-hydrogen) atoms. The number of alkyl halides is 1. The number of hydrogen-bond acceptors (Lipinski definition) is 4. The highest BCUT2D eigenvalue weighted by molar-refractivity contribution is 8.00. The average Bonchev–Trinajstić information content (AvgIpc) is 2.51. The lowest BCUT2D eigenvalue weighted by Gasteiger charge is -2.23. The highest BCUT2D eigenvalue weighted by Crippen LogP contribution is 2.21. The van der Waals surface area contributed by atoms with Crippen LogP contribution in [0.4, 0.5) is 0 Å². The number of rotatable bonds is 6. The maximum absolute atomic E-state index is 11.5. The third-order valence-electron chi connectivity index (χ3n) is 2.27. The van der Waals surface area contributed by atoms with Gasteiger partial charge >= 0.3 is 11.9 Å². The number of likely N-dealkylation sites (tertiary alicyclic amines) is 1. The Bertz CT molecular complexity index is 337. The van der Waals surface area contributed by atoms with Crippen LogP contribution in [-0.4, -0.2) is 62.4 Å². The van der Waals surface area contributed by atoms with Gasteiger partial charge in [0.1, 0.15) is 6.04 Å². The van der Waals surface area contributed by atoms with Crippen molar-refractivity contribution in [1.29, 1.82) is 0 Å². The maximum atomic E-state index is 11.5. The normalized spacial score (nSPS) is 21.6. The van der Waals surface area contributed by atoms with Crippen molar-refractivity contribution in [3.8, 4) is 0 Å². The third kappa shape index (κ3) is 4.08. The van der Waals surface area contributed by atoms with Crippen LogP contribution >= 0.6 is 23.4 Å². The largest absolute Gasteiger partial charge is 0.481 e. The Hall–Kier alpha value is -0.950. The number of amides is 1. The van der Waals surface area contributed by atoms with Crippen LogP contribution in [0.15, 0.2) is 0 Å². The molecule has 0 aliphatic carbocycles. The summed E-state index contributed by atoms with van der Waals surface area (Å²) in [6.45, 7) is 0.199. The number of nitrogens with zero attached hydrogens (tertiary/aromatic N) is 1. The lowest BCUT2D eigenvalue weighted by atomic mass is 10.3. The van der Waals surface area contributed by atoms with Gasteiger partial charge in [-0.3, -0.25) is 9.59 Å². The maximum Gasteiger partial charge on any atom is 0.327 e. The minimum Gasteiger partial charge on any atom is -0.481 e. The monoisotopic (exact) mass is 281 g/mol. The van der Waals surface area contributed by atoms with Crippen molar-refractivity contribution in [3.63, 3.8) is 0 Å². The highest BCUT2D eigenvalue weighted by Gasteiger charge is 2.36. The minimum atomic E-state index is -1.14. The predicted molar refractivity (Wildman–Crippen MR) is 62.4 cm³/mol. The summed E-state index contributed by atoms with van der Waals surface area (Å²) in [5.74, 6) is -2.58. The number of carbonyl (C=O) groups excluding carboxylic acids is 1. The summed E-state index contributed by atoms with van der Waals surface area (Å²) >= 11 is 6.75. The van der Waals surface area contributed by atoms with Crippen LogP contribution in [0.1, 0.15) is 6.42 Å². The molecule has 0 radical (unpaired) electrons. The molecule has 96 valence electrons. The Morgan fingerprint density at radius 1 is 1.53 bits per heavy atom. The van der Waals surface area contributed by atoms with Gasteiger partial charge in [0.15, 0.2) is 0 Å². The molecule has 0 saturated carbocycles. The van der Waals surface area contributed by atoms with Crippen LogP contribution in [0.25, 0.3) is 0 Å². The summed E-state index contributed by atoms with van der Waals surface area (Å²) in [6.07, 6.45) is 0.134. The van der Waals surface area contributed by atoms with Crippen LogP contribution in [0, 0.1) is 0 Å². The van der Waals surface area contributed by atoms with E-state index in [0.717, 1.165) is 11.8 Å². The van der Waals surface area contributed by atoms with Crippen LogP contribution in [0.2, 0.25) is 0 Å². The number of aliphatic carboxylic acids is 2. The molecule has 0 bridgehead atoms.